The zero-order chi connectivity index (χ0) is 23.8. The van der Waals surface area contributed by atoms with E-state index in [9.17, 15) is 13.2 Å². The molecule has 0 atom stereocenters. The summed E-state index contributed by atoms with van der Waals surface area (Å²) in [5.74, 6) is 1.30. The fraction of sp³-hybridized carbons (Fsp3) is 0.304. The average molecular weight is 461 g/mol. The van der Waals surface area contributed by atoms with E-state index in [4.69, 9.17) is 4.74 Å². The molecule has 2 aromatic carbocycles. The van der Waals surface area contributed by atoms with Crippen molar-refractivity contribution in [2.24, 2.45) is 0 Å². The predicted octanol–water partition coefficient (Wildman–Crippen LogP) is 4.64. The molecule has 0 spiro atoms. The van der Waals surface area contributed by atoms with Gasteiger partial charge in [-0.15, -0.1) is 13.2 Å². The fourth-order valence-electron chi connectivity index (χ4n) is 3.04. The number of aromatic nitrogens is 2. The van der Waals surface area contributed by atoms with Crippen molar-refractivity contribution in [2.75, 3.05) is 44.9 Å². The van der Waals surface area contributed by atoms with Crippen LogP contribution in [0.3, 0.4) is 0 Å². The Morgan fingerprint density at radius 1 is 0.970 bits per heavy atom. The molecule has 1 aromatic heterocycles. The molecule has 0 amide bonds. The first-order chi connectivity index (χ1) is 15.7. The highest BCUT2D eigenvalue weighted by molar-refractivity contribution is 5.66. The number of nitrogens with one attached hydrogen (secondary N) is 2. The van der Waals surface area contributed by atoms with Crippen LogP contribution in [0.15, 0.2) is 54.6 Å². The zero-order valence-corrected chi connectivity index (χ0v) is 18.6. The molecule has 0 radical (unpaired) electrons. The third kappa shape index (κ3) is 7.53. The van der Waals surface area contributed by atoms with Crippen LogP contribution in [0.4, 0.5) is 24.9 Å². The van der Waals surface area contributed by atoms with Gasteiger partial charge in [0.05, 0.1) is 12.8 Å². The minimum absolute atomic E-state index is 0.315. The van der Waals surface area contributed by atoms with Gasteiger partial charge in [-0.25, -0.2) is 4.98 Å². The van der Waals surface area contributed by atoms with Crippen LogP contribution in [0, 0.1) is 0 Å². The van der Waals surface area contributed by atoms with Crippen molar-refractivity contribution in [3.8, 4) is 22.8 Å². The predicted molar refractivity (Wildman–Crippen MR) is 122 cm³/mol. The summed E-state index contributed by atoms with van der Waals surface area (Å²) in [5, 5.41) is 6.41. The maximum Gasteiger partial charge on any atom is 0.573 e. The van der Waals surface area contributed by atoms with Gasteiger partial charge in [-0.3, -0.25) is 0 Å². The summed E-state index contributed by atoms with van der Waals surface area (Å²) in [5.41, 5.74) is 1.85. The van der Waals surface area contributed by atoms with Gasteiger partial charge >= 0.3 is 6.36 Å². The van der Waals surface area contributed by atoms with E-state index in [0.29, 0.717) is 36.1 Å². The first kappa shape index (κ1) is 24.1. The minimum Gasteiger partial charge on any atom is -0.496 e. The maximum absolute atomic E-state index is 12.6. The molecular weight excluding hydrogens is 435 g/mol. The molecule has 0 aliphatic heterocycles. The van der Waals surface area contributed by atoms with E-state index in [1.165, 1.54) is 18.2 Å². The maximum atomic E-state index is 12.6. The molecule has 0 unspecified atom stereocenters. The highest BCUT2D eigenvalue weighted by Crippen LogP contribution is 2.29. The van der Waals surface area contributed by atoms with E-state index in [1.54, 1.807) is 19.2 Å². The first-order valence-corrected chi connectivity index (χ1v) is 10.2. The van der Waals surface area contributed by atoms with Gasteiger partial charge in [-0.05, 0) is 32.3 Å². The van der Waals surface area contributed by atoms with Crippen molar-refractivity contribution < 1.29 is 22.6 Å². The smallest absolute Gasteiger partial charge is 0.496 e. The Morgan fingerprint density at radius 3 is 2.48 bits per heavy atom. The van der Waals surface area contributed by atoms with Gasteiger partial charge in [0, 0.05) is 36.8 Å². The largest absolute Gasteiger partial charge is 0.573 e. The van der Waals surface area contributed by atoms with E-state index >= 15 is 0 Å². The van der Waals surface area contributed by atoms with Gasteiger partial charge in [0.2, 0.25) is 5.95 Å². The van der Waals surface area contributed by atoms with Crippen LogP contribution in [-0.4, -0.2) is 55.5 Å². The van der Waals surface area contributed by atoms with Crippen LogP contribution in [0.2, 0.25) is 0 Å². The zero-order valence-electron chi connectivity index (χ0n) is 18.6. The second kappa shape index (κ2) is 10.9. The molecule has 0 aliphatic carbocycles. The van der Waals surface area contributed by atoms with Crippen molar-refractivity contribution >= 4 is 11.8 Å². The third-order valence-corrected chi connectivity index (χ3v) is 4.58. The highest BCUT2D eigenvalue weighted by atomic mass is 19.4. The Kier molecular flexibility index (Phi) is 7.94. The van der Waals surface area contributed by atoms with Crippen LogP contribution < -0.4 is 20.1 Å². The summed E-state index contributed by atoms with van der Waals surface area (Å²) in [6.07, 6.45) is -4.77. The summed E-state index contributed by atoms with van der Waals surface area (Å²) >= 11 is 0. The summed E-state index contributed by atoms with van der Waals surface area (Å²) in [7, 11) is 5.50. The molecule has 176 valence electrons. The van der Waals surface area contributed by atoms with Crippen molar-refractivity contribution in [1.82, 2.24) is 14.9 Å². The van der Waals surface area contributed by atoms with E-state index in [-0.39, 0.29) is 5.75 Å². The summed E-state index contributed by atoms with van der Waals surface area (Å²) in [4.78, 5) is 11.0. The average Bonchev–Trinajstić information content (AvgIpc) is 2.76. The van der Waals surface area contributed by atoms with Crippen molar-refractivity contribution in [2.45, 2.75) is 12.9 Å². The van der Waals surface area contributed by atoms with Gasteiger partial charge in [0.25, 0.3) is 0 Å². The first-order valence-electron chi connectivity index (χ1n) is 10.2. The molecule has 0 bridgehead atoms. The second-order valence-electron chi connectivity index (χ2n) is 7.43. The number of halogens is 3. The van der Waals surface area contributed by atoms with E-state index in [1.807, 2.05) is 43.3 Å². The molecule has 3 aromatic rings. The lowest BCUT2D eigenvalue weighted by atomic mass is 10.1. The summed E-state index contributed by atoms with van der Waals surface area (Å²) in [6.45, 7) is 1.79. The lowest BCUT2D eigenvalue weighted by Gasteiger charge is -2.15. The van der Waals surface area contributed by atoms with Crippen LogP contribution >= 0.6 is 0 Å². The number of hydrogen-bond donors (Lipinski definition) is 2. The van der Waals surface area contributed by atoms with Gasteiger partial charge < -0.3 is 25.0 Å². The number of rotatable bonds is 10. The highest BCUT2D eigenvalue weighted by Gasteiger charge is 2.31. The number of methoxy groups -OCH3 is 1. The minimum atomic E-state index is -4.77. The van der Waals surface area contributed by atoms with Crippen LogP contribution in [0.1, 0.15) is 5.56 Å². The van der Waals surface area contributed by atoms with E-state index in [0.717, 1.165) is 17.9 Å². The molecule has 0 saturated carbocycles. The molecule has 10 heteroatoms. The molecule has 3 rings (SSSR count). The molecule has 0 saturated heterocycles. The molecule has 1 heterocycles. The van der Waals surface area contributed by atoms with Gasteiger partial charge in [-0.2, -0.15) is 4.98 Å². The number of benzene rings is 2. The molecule has 33 heavy (non-hydrogen) atoms. The Morgan fingerprint density at radius 2 is 1.76 bits per heavy atom. The van der Waals surface area contributed by atoms with Crippen LogP contribution in [0.5, 0.6) is 11.5 Å². The molecule has 2 N–H and O–H groups in total. The Hall–Kier alpha value is -3.53. The quantitative estimate of drug-likeness (QED) is 0.456. The molecular formula is C23H26F3N5O2. The Bertz CT molecular complexity index is 1060. The Balaban J connectivity index is 1.88. The van der Waals surface area contributed by atoms with Crippen molar-refractivity contribution in [1.29, 1.82) is 0 Å². The number of anilines is 2. The van der Waals surface area contributed by atoms with E-state index < -0.39 is 6.36 Å². The number of para-hydroxylation sites is 1. The fourth-order valence-corrected chi connectivity index (χ4v) is 3.04. The molecule has 0 fully saturated rings. The monoisotopic (exact) mass is 461 g/mol. The molecule has 7 nitrogen and oxygen atoms in total. The van der Waals surface area contributed by atoms with Gasteiger partial charge in [0.15, 0.2) is 0 Å². The SMILES string of the molecule is COc1ccccc1CNc1cc(-c2cccc(OC(F)(F)F)c2)nc(NCCN(C)C)n1. The Labute approximate surface area is 190 Å². The lowest BCUT2D eigenvalue weighted by molar-refractivity contribution is -0.274. The van der Waals surface area contributed by atoms with Crippen molar-refractivity contribution in [3.05, 3.63) is 60.2 Å². The van der Waals surface area contributed by atoms with Gasteiger partial charge in [-0.1, -0.05) is 30.3 Å². The molecule has 0 aliphatic rings. The normalized spacial score (nSPS) is 11.4. The number of ether oxygens (including phenoxy) is 2. The summed E-state index contributed by atoms with van der Waals surface area (Å²) < 4.78 is 47.4. The number of hydrogen-bond acceptors (Lipinski definition) is 7. The number of alkyl halides is 3. The van der Waals surface area contributed by atoms with Crippen molar-refractivity contribution in [3.63, 3.8) is 0 Å². The van der Waals surface area contributed by atoms with Crippen LogP contribution in [-0.2, 0) is 6.54 Å². The van der Waals surface area contributed by atoms with Gasteiger partial charge in [0.1, 0.15) is 17.3 Å². The lowest BCUT2D eigenvalue weighted by Crippen LogP contribution is -2.21. The number of likely N-dealkylation sites (N-methyl/N-ethyl adjacent to an activating group) is 1. The third-order valence-electron chi connectivity index (χ3n) is 4.58. The standard InChI is InChI=1S/C23H26F3N5O2/c1-31(2)12-11-27-22-29-19(16-8-6-9-18(13-16)33-23(24,25)26)14-21(30-22)28-15-17-7-4-5-10-20(17)32-3/h4-10,13-14H,11-12,15H2,1-3H3,(H2,27,28,29,30). The summed E-state index contributed by atoms with van der Waals surface area (Å²) in [6, 6.07) is 15.0. The van der Waals surface area contributed by atoms with E-state index in [2.05, 4.69) is 25.3 Å². The topological polar surface area (TPSA) is 71.5 Å². The second-order valence-corrected chi connectivity index (χ2v) is 7.43. The number of nitrogens with zero attached hydrogens (tertiary/aromatic N) is 3. The van der Waals surface area contributed by atoms with Crippen LogP contribution in [0.25, 0.3) is 11.3 Å².